The maximum Gasteiger partial charge on any atom is 0.118 e. The second-order valence-electron chi connectivity index (χ2n) is 7.90. The third-order valence-corrected chi connectivity index (χ3v) is 6.54. The third kappa shape index (κ3) is 3.85. The number of hydrogen-bond donors (Lipinski definition) is 1. The van der Waals surface area contributed by atoms with Crippen LogP contribution in [0.1, 0.15) is 63.4 Å². The molecule has 2 saturated carbocycles. The van der Waals surface area contributed by atoms with Crippen LogP contribution in [0.25, 0.3) is 0 Å². The molecule has 0 saturated heterocycles. The molecule has 2 aliphatic rings. The summed E-state index contributed by atoms with van der Waals surface area (Å²) in [5.41, 5.74) is 0.416. The molecule has 0 spiro atoms. The number of benzene rings is 1. The number of rotatable bonds is 5. The normalized spacial score (nSPS) is 33.8. The summed E-state index contributed by atoms with van der Waals surface area (Å²) >= 11 is 0. The van der Waals surface area contributed by atoms with E-state index in [9.17, 15) is 5.11 Å². The van der Waals surface area contributed by atoms with Gasteiger partial charge >= 0.3 is 0 Å². The average molecular weight is 328 g/mol. The number of ether oxygens (including phenoxy) is 1. The van der Waals surface area contributed by atoms with Crippen molar-refractivity contribution in [3.63, 3.8) is 0 Å². The summed E-state index contributed by atoms with van der Waals surface area (Å²) in [4.78, 5) is 0. The SMILES string of the molecule is C=CCC1CCC(C2CCC(O)(c3ccc(OC)cc3)CC2)CC1. The molecule has 2 nitrogen and oxygen atoms in total. The predicted molar refractivity (Wildman–Crippen MR) is 99.1 cm³/mol. The van der Waals surface area contributed by atoms with Gasteiger partial charge in [-0.25, -0.2) is 0 Å². The Hall–Kier alpha value is -1.28. The Kier molecular flexibility index (Phi) is 5.65. The first-order valence-electron chi connectivity index (χ1n) is 9.62. The van der Waals surface area contributed by atoms with Gasteiger partial charge in [-0.2, -0.15) is 0 Å². The van der Waals surface area contributed by atoms with E-state index in [1.165, 1.54) is 44.9 Å². The minimum atomic E-state index is -0.636. The third-order valence-electron chi connectivity index (χ3n) is 6.54. The van der Waals surface area contributed by atoms with Gasteiger partial charge in [-0.15, -0.1) is 6.58 Å². The van der Waals surface area contributed by atoms with Crippen LogP contribution in [0.15, 0.2) is 36.9 Å². The van der Waals surface area contributed by atoms with Crippen molar-refractivity contribution in [3.8, 4) is 5.75 Å². The van der Waals surface area contributed by atoms with Crippen LogP contribution >= 0.6 is 0 Å². The summed E-state index contributed by atoms with van der Waals surface area (Å²) in [6, 6.07) is 7.97. The Balaban J connectivity index is 1.54. The molecule has 0 amide bonds. The molecule has 0 radical (unpaired) electrons. The lowest BCUT2D eigenvalue weighted by Crippen LogP contribution is -2.34. The topological polar surface area (TPSA) is 29.5 Å². The standard InChI is InChI=1S/C22H32O2/c1-3-4-17-5-7-18(8-6-17)19-13-15-22(23,16-14-19)20-9-11-21(24-2)12-10-20/h3,9-12,17-19,23H,1,4-8,13-16H2,2H3. The molecule has 2 fully saturated rings. The maximum atomic E-state index is 11.1. The monoisotopic (exact) mass is 328 g/mol. The fraction of sp³-hybridized carbons (Fsp3) is 0.636. The number of hydrogen-bond acceptors (Lipinski definition) is 2. The maximum absolute atomic E-state index is 11.1. The minimum absolute atomic E-state index is 0.636. The second-order valence-corrected chi connectivity index (χ2v) is 7.90. The van der Waals surface area contributed by atoms with Gasteiger partial charge in [0.15, 0.2) is 0 Å². The van der Waals surface area contributed by atoms with E-state index in [-0.39, 0.29) is 0 Å². The molecule has 1 aromatic carbocycles. The summed E-state index contributed by atoms with van der Waals surface area (Å²) in [6.07, 6.45) is 12.9. The zero-order valence-electron chi connectivity index (χ0n) is 15.0. The van der Waals surface area contributed by atoms with Gasteiger partial charge in [0.1, 0.15) is 5.75 Å². The Bertz CT molecular complexity index is 517. The van der Waals surface area contributed by atoms with Crippen molar-refractivity contribution < 1.29 is 9.84 Å². The van der Waals surface area contributed by atoms with E-state index in [0.717, 1.165) is 41.9 Å². The molecule has 1 N–H and O–H groups in total. The largest absolute Gasteiger partial charge is 0.497 e. The van der Waals surface area contributed by atoms with Crippen LogP contribution in [-0.4, -0.2) is 12.2 Å². The quantitative estimate of drug-likeness (QED) is 0.728. The first kappa shape index (κ1) is 17.5. The van der Waals surface area contributed by atoms with Gasteiger partial charge in [0.2, 0.25) is 0 Å². The van der Waals surface area contributed by atoms with E-state index in [2.05, 4.69) is 12.7 Å². The molecular formula is C22H32O2. The molecule has 2 aliphatic carbocycles. The van der Waals surface area contributed by atoms with E-state index in [1.54, 1.807) is 7.11 Å². The number of aliphatic hydroxyl groups is 1. The van der Waals surface area contributed by atoms with Crippen LogP contribution in [0.3, 0.4) is 0 Å². The predicted octanol–water partition coefficient (Wildman–Crippen LogP) is 5.46. The van der Waals surface area contributed by atoms with Gasteiger partial charge in [0, 0.05) is 0 Å². The highest BCUT2D eigenvalue weighted by atomic mass is 16.5. The Morgan fingerprint density at radius 1 is 1.04 bits per heavy atom. The molecule has 0 unspecified atom stereocenters. The van der Waals surface area contributed by atoms with Gasteiger partial charge in [0.05, 0.1) is 12.7 Å². The van der Waals surface area contributed by atoms with Crippen molar-refractivity contribution >= 4 is 0 Å². The highest BCUT2D eigenvalue weighted by molar-refractivity contribution is 5.31. The average Bonchev–Trinajstić information content (AvgIpc) is 2.63. The van der Waals surface area contributed by atoms with Crippen molar-refractivity contribution in [2.75, 3.05) is 7.11 Å². The highest BCUT2D eigenvalue weighted by Gasteiger charge is 2.38. The lowest BCUT2D eigenvalue weighted by atomic mass is 9.66. The lowest BCUT2D eigenvalue weighted by Gasteiger charge is -2.41. The summed E-state index contributed by atoms with van der Waals surface area (Å²) in [5.74, 6) is 3.42. The van der Waals surface area contributed by atoms with Gasteiger partial charge in [-0.3, -0.25) is 0 Å². The summed E-state index contributed by atoms with van der Waals surface area (Å²) < 4.78 is 5.22. The van der Waals surface area contributed by atoms with Crippen LogP contribution in [-0.2, 0) is 5.60 Å². The van der Waals surface area contributed by atoms with Crippen molar-refractivity contribution in [2.24, 2.45) is 17.8 Å². The van der Waals surface area contributed by atoms with Crippen LogP contribution in [0.2, 0.25) is 0 Å². The molecule has 0 aromatic heterocycles. The van der Waals surface area contributed by atoms with E-state index in [1.807, 2.05) is 24.3 Å². The van der Waals surface area contributed by atoms with Crippen molar-refractivity contribution in [1.29, 1.82) is 0 Å². The van der Waals surface area contributed by atoms with Crippen molar-refractivity contribution in [1.82, 2.24) is 0 Å². The van der Waals surface area contributed by atoms with E-state index >= 15 is 0 Å². The first-order valence-corrected chi connectivity index (χ1v) is 9.62. The van der Waals surface area contributed by atoms with E-state index in [0.29, 0.717) is 0 Å². The second kappa shape index (κ2) is 7.74. The number of allylic oxidation sites excluding steroid dienone is 1. The van der Waals surface area contributed by atoms with Crippen LogP contribution in [0.4, 0.5) is 0 Å². The van der Waals surface area contributed by atoms with E-state index in [4.69, 9.17) is 4.74 Å². The lowest BCUT2D eigenvalue weighted by molar-refractivity contribution is -0.0259. The molecule has 24 heavy (non-hydrogen) atoms. The smallest absolute Gasteiger partial charge is 0.118 e. The summed E-state index contributed by atoms with van der Waals surface area (Å²) in [6.45, 7) is 3.88. The van der Waals surface area contributed by atoms with Crippen LogP contribution in [0, 0.1) is 17.8 Å². The Morgan fingerprint density at radius 3 is 2.17 bits per heavy atom. The fourth-order valence-electron chi connectivity index (χ4n) is 4.91. The minimum Gasteiger partial charge on any atom is -0.497 e. The molecule has 0 aliphatic heterocycles. The zero-order chi connectivity index (χ0) is 17.0. The summed E-state index contributed by atoms with van der Waals surface area (Å²) in [7, 11) is 1.68. The Labute approximate surface area is 146 Å². The van der Waals surface area contributed by atoms with E-state index < -0.39 is 5.60 Å². The molecule has 0 heterocycles. The van der Waals surface area contributed by atoms with Gasteiger partial charge in [-0.1, -0.05) is 18.2 Å². The van der Waals surface area contributed by atoms with Gasteiger partial charge in [-0.05, 0) is 93.2 Å². The molecule has 2 heteroatoms. The van der Waals surface area contributed by atoms with Gasteiger partial charge in [0.25, 0.3) is 0 Å². The molecule has 132 valence electrons. The molecule has 0 atom stereocenters. The van der Waals surface area contributed by atoms with Crippen LogP contribution < -0.4 is 4.74 Å². The molecule has 1 aromatic rings. The van der Waals surface area contributed by atoms with Crippen molar-refractivity contribution in [2.45, 2.75) is 63.4 Å². The van der Waals surface area contributed by atoms with Crippen molar-refractivity contribution in [3.05, 3.63) is 42.5 Å². The highest BCUT2D eigenvalue weighted by Crippen LogP contribution is 2.46. The summed E-state index contributed by atoms with van der Waals surface area (Å²) in [5, 5.41) is 11.1. The molecule has 3 rings (SSSR count). The number of methoxy groups -OCH3 is 1. The first-order chi connectivity index (χ1) is 11.6. The van der Waals surface area contributed by atoms with Gasteiger partial charge < -0.3 is 9.84 Å². The molecular weight excluding hydrogens is 296 g/mol. The Morgan fingerprint density at radius 2 is 1.62 bits per heavy atom. The zero-order valence-corrected chi connectivity index (χ0v) is 15.0. The fourth-order valence-corrected chi connectivity index (χ4v) is 4.91. The van der Waals surface area contributed by atoms with Crippen LogP contribution in [0.5, 0.6) is 5.75 Å². The molecule has 0 bridgehead atoms.